The minimum Gasteiger partial charge on any atom is -0.481 e. The van der Waals surface area contributed by atoms with Gasteiger partial charge in [0.1, 0.15) is 0 Å². The van der Waals surface area contributed by atoms with E-state index in [2.05, 4.69) is 0 Å². The average molecular weight is 188 g/mol. The average Bonchev–Trinajstić information content (AvgIpc) is 2.10. The van der Waals surface area contributed by atoms with E-state index in [1.165, 1.54) is 0 Å². The van der Waals surface area contributed by atoms with E-state index in [0.717, 1.165) is 38.5 Å². The molecule has 2 N–H and O–H groups in total. The molecule has 0 fully saturated rings. The fraction of sp³-hybridized carbons (Fsp3) is 0.900. The highest BCUT2D eigenvalue weighted by molar-refractivity contribution is 5.66. The summed E-state index contributed by atoms with van der Waals surface area (Å²) in [7, 11) is 0. The minimum atomic E-state index is -0.714. The number of aliphatic carboxylic acids is 1. The monoisotopic (exact) mass is 188 g/mol. The van der Waals surface area contributed by atoms with E-state index in [1.54, 1.807) is 0 Å². The summed E-state index contributed by atoms with van der Waals surface area (Å²) in [6.07, 6.45) is 5.54. The first kappa shape index (κ1) is 12.4. The SMILES string of the molecule is CCC(O)CCCCCCC(=O)O. The van der Waals surface area contributed by atoms with E-state index in [1.807, 2.05) is 6.92 Å². The molecule has 0 radical (unpaired) electrons. The van der Waals surface area contributed by atoms with Crippen molar-refractivity contribution in [2.75, 3.05) is 0 Å². The van der Waals surface area contributed by atoms with Gasteiger partial charge in [-0.1, -0.05) is 26.2 Å². The Morgan fingerprint density at radius 2 is 1.85 bits per heavy atom. The molecule has 3 heteroatoms. The zero-order chi connectivity index (χ0) is 10.1. The van der Waals surface area contributed by atoms with Gasteiger partial charge in [-0.2, -0.15) is 0 Å². The molecule has 3 nitrogen and oxygen atoms in total. The van der Waals surface area contributed by atoms with Crippen LogP contribution in [0, 0.1) is 0 Å². The van der Waals surface area contributed by atoms with Crippen LogP contribution in [0.3, 0.4) is 0 Å². The van der Waals surface area contributed by atoms with Crippen LogP contribution in [0.4, 0.5) is 0 Å². The van der Waals surface area contributed by atoms with Gasteiger partial charge < -0.3 is 10.2 Å². The van der Waals surface area contributed by atoms with E-state index in [9.17, 15) is 9.90 Å². The lowest BCUT2D eigenvalue weighted by Crippen LogP contribution is -2.03. The zero-order valence-corrected chi connectivity index (χ0v) is 8.33. The number of rotatable bonds is 8. The fourth-order valence-electron chi connectivity index (χ4n) is 1.21. The summed E-state index contributed by atoms with van der Waals surface area (Å²) in [4.78, 5) is 10.1. The number of unbranched alkanes of at least 4 members (excludes halogenated alkanes) is 3. The number of aliphatic hydroxyl groups is 1. The van der Waals surface area contributed by atoms with Gasteiger partial charge in [0.15, 0.2) is 0 Å². The molecule has 0 saturated carbocycles. The first-order valence-electron chi connectivity index (χ1n) is 5.06. The number of hydrogen-bond acceptors (Lipinski definition) is 2. The summed E-state index contributed by atoms with van der Waals surface area (Å²) in [5.41, 5.74) is 0. The van der Waals surface area contributed by atoms with Crippen LogP contribution in [-0.2, 0) is 4.79 Å². The number of hydrogen-bond donors (Lipinski definition) is 2. The van der Waals surface area contributed by atoms with Crippen molar-refractivity contribution >= 4 is 5.97 Å². The number of carbonyl (C=O) groups is 1. The first-order chi connectivity index (χ1) is 6.16. The van der Waals surface area contributed by atoms with Gasteiger partial charge in [0.2, 0.25) is 0 Å². The molecule has 1 atom stereocenters. The summed E-state index contributed by atoms with van der Waals surface area (Å²) in [6.45, 7) is 1.97. The van der Waals surface area contributed by atoms with E-state index in [-0.39, 0.29) is 12.5 Å². The van der Waals surface area contributed by atoms with Crippen LogP contribution < -0.4 is 0 Å². The molecule has 0 aliphatic rings. The molecule has 0 amide bonds. The smallest absolute Gasteiger partial charge is 0.303 e. The molecule has 1 unspecified atom stereocenters. The Balaban J connectivity index is 3.04. The van der Waals surface area contributed by atoms with Crippen LogP contribution in [-0.4, -0.2) is 22.3 Å². The molecule has 0 aliphatic carbocycles. The van der Waals surface area contributed by atoms with Gasteiger partial charge in [-0.3, -0.25) is 4.79 Å². The number of aliphatic hydroxyl groups excluding tert-OH is 1. The van der Waals surface area contributed by atoms with Crippen molar-refractivity contribution in [3.8, 4) is 0 Å². The summed E-state index contributed by atoms with van der Waals surface area (Å²) >= 11 is 0. The Kier molecular flexibility index (Phi) is 7.69. The molecule has 0 aromatic heterocycles. The van der Waals surface area contributed by atoms with Crippen molar-refractivity contribution in [2.45, 2.75) is 58.0 Å². The molecule has 78 valence electrons. The lowest BCUT2D eigenvalue weighted by molar-refractivity contribution is -0.137. The van der Waals surface area contributed by atoms with Crippen molar-refractivity contribution in [3.05, 3.63) is 0 Å². The van der Waals surface area contributed by atoms with Gasteiger partial charge in [0, 0.05) is 6.42 Å². The Morgan fingerprint density at radius 1 is 1.23 bits per heavy atom. The minimum absolute atomic E-state index is 0.167. The van der Waals surface area contributed by atoms with Crippen molar-refractivity contribution in [1.29, 1.82) is 0 Å². The molecule has 0 aliphatic heterocycles. The molecular weight excluding hydrogens is 168 g/mol. The maximum absolute atomic E-state index is 10.1. The standard InChI is InChI=1S/C10H20O3/c1-2-9(11)7-5-3-4-6-8-10(12)13/h9,11H,2-8H2,1H3,(H,12,13). The van der Waals surface area contributed by atoms with Crippen LogP contribution in [0.15, 0.2) is 0 Å². The van der Waals surface area contributed by atoms with E-state index in [0.29, 0.717) is 0 Å². The highest BCUT2D eigenvalue weighted by Crippen LogP contribution is 2.08. The second-order valence-electron chi connectivity index (χ2n) is 3.41. The Morgan fingerprint density at radius 3 is 2.38 bits per heavy atom. The van der Waals surface area contributed by atoms with Crippen molar-refractivity contribution < 1.29 is 15.0 Å². The second kappa shape index (κ2) is 8.05. The summed E-state index contributed by atoms with van der Waals surface area (Å²) in [6, 6.07) is 0. The Hall–Kier alpha value is -0.570. The third-order valence-corrected chi connectivity index (χ3v) is 2.15. The lowest BCUT2D eigenvalue weighted by atomic mass is 10.1. The molecule has 0 aromatic carbocycles. The van der Waals surface area contributed by atoms with Gasteiger partial charge in [0.25, 0.3) is 0 Å². The van der Waals surface area contributed by atoms with Gasteiger partial charge in [-0.25, -0.2) is 0 Å². The van der Waals surface area contributed by atoms with Crippen molar-refractivity contribution in [2.24, 2.45) is 0 Å². The first-order valence-corrected chi connectivity index (χ1v) is 5.06. The molecule has 0 heterocycles. The van der Waals surface area contributed by atoms with Crippen LogP contribution in [0.5, 0.6) is 0 Å². The fourth-order valence-corrected chi connectivity index (χ4v) is 1.21. The number of carboxylic acid groups (broad SMARTS) is 1. The molecule has 13 heavy (non-hydrogen) atoms. The van der Waals surface area contributed by atoms with Crippen LogP contribution in [0.2, 0.25) is 0 Å². The van der Waals surface area contributed by atoms with Gasteiger partial charge in [0.05, 0.1) is 6.10 Å². The maximum atomic E-state index is 10.1. The molecule has 0 aromatic rings. The van der Waals surface area contributed by atoms with E-state index >= 15 is 0 Å². The van der Waals surface area contributed by atoms with E-state index in [4.69, 9.17) is 5.11 Å². The van der Waals surface area contributed by atoms with Crippen LogP contribution in [0.1, 0.15) is 51.9 Å². The van der Waals surface area contributed by atoms with Gasteiger partial charge in [-0.15, -0.1) is 0 Å². The largest absolute Gasteiger partial charge is 0.481 e. The highest BCUT2D eigenvalue weighted by Gasteiger charge is 2.00. The lowest BCUT2D eigenvalue weighted by Gasteiger charge is -2.06. The van der Waals surface area contributed by atoms with Crippen LogP contribution in [0.25, 0.3) is 0 Å². The summed E-state index contributed by atoms with van der Waals surface area (Å²) < 4.78 is 0. The summed E-state index contributed by atoms with van der Waals surface area (Å²) in [5.74, 6) is -0.714. The Bertz CT molecular complexity index is 134. The third kappa shape index (κ3) is 9.34. The van der Waals surface area contributed by atoms with Crippen molar-refractivity contribution in [1.82, 2.24) is 0 Å². The molecule has 0 rings (SSSR count). The van der Waals surface area contributed by atoms with E-state index < -0.39 is 5.97 Å². The molecule has 0 spiro atoms. The second-order valence-corrected chi connectivity index (χ2v) is 3.41. The predicted octanol–water partition coefficient (Wildman–Crippen LogP) is 2.18. The summed E-state index contributed by atoms with van der Waals surface area (Å²) in [5, 5.41) is 17.6. The van der Waals surface area contributed by atoms with Crippen molar-refractivity contribution in [3.63, 3.8) is 0 Å². The predicted molar refractivity (Wildman–Crippen MR) is 51.6 cm³/mol. The quantitative estimate of drug-likeness (QED) is 0.574. The normalized spacial score (nSPS) is 12.8. The zero-order valence-electron chi connectivity index (χ0n) is 8.33. The maximum Gasteiger partial charge on any atom is 0.303 e. The highest BCUT2D eigenvalue weighted by atomic mass is 16.4. The Labute approximate surface area is 79.8 Å². The molecule has 0 saturated heterocycles. The molecule has 0 bridgehead atoms. The topological polar surface area (TPSA) is 57.5 Å². The number of carboxylic acids is 1. The van der Waals surface area contributed by atoms with Gasteiger partial charge >= 0.3 is 5.97 Å². The molecular formula is C10H20O3. The third-order valence-electron chi connectivity index (χ3n) is 2.15. The van der Waals surface area contributed by atoms with Crippen LogP contribution >= 0.6 is 0 Å². The van der Waals surface area contributed by atoms with Gasteiger partial charge in [-0.05, 0) is 19.3 Å².